The summed E-state index contributed by atoms with van der Waals surface area (Å²) in [5.74, 6) is -0.356. The number of amides is 1. The van der Waals surface area contributed by atoms with Crippen LogP contribution in [0.3, 0.4) is 0 Å². The van der Waals surface area contributed by atoms with Crippen LogP contribution >= 0.6 is 23.4 Å². The van der Waals surface area contributed by atoms with Gasteiger partial charge in [0.25, 0.3) is 5.91 Å². The molecule has 0 atom stereocenters. The summed E-state index contributed by atoms with van der Waals surface area (Å²) in [6, 6.07) is 16.4. The molecular formula is C22H22ClN3O4S. The van der Waals surface area contributed by atoms with Crippen molar-refractivity contribution in [2.24, 2.45) is 0 Å². The summed E-state index contributed by atoms with van der Waals surface area (Å²) in [5.41, 5.74) is 1.18. The number of anilines is 1. The molecule has 7 nitrogen and oxygen atoms in total. The number of benzene rings is 2. The minimum Gasteiger partial charge on any atom is -0.484 e. The molecule has 0 saturated carbocycles. The van der Waals surface area contributed by atoms with Gasteiger partial charge in [0.1, 0.15) is 5.75 Å². The van der Waals surface area contributed by atoms with E-state index in [1.165, 1.54) is 11.8 Å². The molecule has 0 spiro atoms. The molecule has 0 aliphatic rings. The van der Waals surface area contributed by atoms with E-state index in [1.807, 2.05) is 36.6 Å². The van der Waals surface area contributed by atoms with E-state index in [9.17, 15) is 9.59 Å². The number of carbonyl (C=O) groups excluding carboxylic acids is 2. The van der Waals surface area contributed by atoms with Gasteiger partial charge in [-0.1, -0.05) is 53.7 Å². The lowest BCUT2D eigenvalue weighted by molar-refractivity contribution is -0.118. The van der Waals surface area contributed by atoms with E-state index in [2.05, 4.69) is 10.3 Å². The number of nitrogens with zero attached hydrogens (tertiary/aromatic N) is 2. The second kappa shape index (κ2) is 10.9. The molecule has 1 aromatic heterocycles. The Morgan fingerprint density at radius 2 is 1.84 bits per heavy atom. The summed E-state index contributed by atoms with van der Waals surface area (Å²) in [4.78, 5) is 29.6. The highest BCUT2D eigenvalue weighted by atomic mass is 35.5. The molecule has 0 unspecified atom stereocenters. The second-order valence-electron chi connectivity index (χ2n) is 6.38. The molecule has 162 valence electrons. The second-order valence-corrected chi connectivity index (χ2v) is 7.59. The molecule has 0 saturated heterocycles. The number of ether oxygens (including phenoxy) is 2. The fraction of sp³-hybridized carbons (Fsp3) is 0.227. The predicted octanol–water partition coefficient (Wildman–Crippen LogP) is 4.50. The number of esters is 1. The van der Waals surface area contributed by atoms with E-state index in [0.717, 1.165) is 5.56 Å². The van der Waals surface area contributed by atoms with Gasteiger partial charge >= 0.3 is 5.97 Å². The zero-order valence-electron chi connectivity index (χ0n) is 17.1. The van der Waals surface area contributed by atoms with Gasteiger partial charge in [0.2, 0.25) is 0 Å². The van der Waals surface area contributed by atoms with Gasteiger partial charge in [0.05, 0.1) is 13.2 Å². The van der Waals surface area contributed by atoms with Crippen molar-refractivity contribution in [3.8, 4) is 5.75 Å². The van der Waals surface area contributed by atoms with Crippen molar-refractivity contribution < 1.29 is 19.1 Å². The average molecular weight is 460 g/mol. The minimum atomic E-state index is -0.555. The first kappa shape index (κ1) is 22.7. The van der Waals surface area contributed by atoms with Gasteiger partial charge < -0.3 is 19.4 Å². The molecule has 9 heteroatoms. The van der Waals surface area contributed by atoms with Crippen LogP contribution in [0.2, 0.25) is 5.02 Å². The molecule has 1 heterocycles. The smallest absolute Gasteiger partial charge is 0.358 e. The van der Waals surface area contributed by atoms with Crippen LogP contribution < -0.4 is 10.1 Å². The van der Waals surface area contributed by atoms with Crippen molar-refractivity contribution in [3.05, 3.63) is 70.9 Å². The zero-order valence-corrected chi connectivity index (χ0v) is 18.7. The number of aromatic nitrogens is 2. The third-order valence-electron chi connectivity index (χ3n) is 4.21. The Morgan fingerprint density at radius 3 is 2.48 bits per heavy atom. The summed E-state index contributed by atoms with van der Waals surface area (Å²) >= 11 is 7.22. The highest BCUT2D eigenvalue weighted by Crippen LogP contribution is 2.26. The Labute approximate surface area is 189 Å². The van der Waals surface area contributed by atoms with Gasteiger partial charge in [-0.15, -0.1) is 0 Å². The maximum atomic E-state index is 12.7. The molecule has 0 bridgehead atoms. The highest BCUT2D eigenvalue weighted by molar-refractivity contribution is 7.98. The molecule has 1 amide bonds. The number of hydrogen-bond acceptors (Lipinski definition) is 6. The third kappa shape index (κ3) is 6.02. The van der Waals surface area contributed by atoms with Crippen LogP contribution in [0.5, 0.6) is 5.75 Å². The van der Waals surface area contributed by atoms with Crippen molar-refractivity contribution in [3.63, 3.8) is 0 Å². The number of imidazole rings is 1. The summed E-state index contributed by atoms with van der Waals surface area (Å²) in [6.07, 6.45) is 1.86. The molecule has 0 aliphatic carbocycles. The van der Waals surface area contributed by atoms with Gasteiger partial charge in [-0.3, -0.25) is 4.79 Å². The standard InChI is InChI=1S/C22H22ClN3O4S/c1-3-29-21(28)19-20(24-18(27)14-30-17-11-9-16(23)10-12-17)25-22(31-2)26(19)13-15-7-5-4-6-8-15/h4-12H,3,13-14H2,1-2H3,(H,24,27). The first-order chi connectivity index (χ1) is 15.0. The Kier molecular flexibility index (Phi) is 7.97. The Hall–Kier alpha value is -2.97. The van der Waals surface area contributed by atoms with E-state index in [-0.39, 0.29) is 24.7 Å². The molecule has 3 aromatic rings. The predicted molar refractivity (Wildman–Crippen MR) is 121 cm³/mol. The zero-order chi connectivity index (χ0) is 22.2. The number of halogens is 1. The van der Waals surface area contributed by atoms with E-state index in [1.54, 1.807) is 35.8 Å². The number of rotatable bonds is 9. The summed E-state index contributed by atoms with van der Waals surface area (Å²) in [5, 5.41) is 3.83. The topological polar surface area (TPSA) is 82.4 Å². The van der Waals surface area contributed by atoms with Crippen LogP contribution in [0.4, 0.5) is 5.82 Å². The van der Waals surface area contributed by atoms with Crippen LogP contribution in [0, 0.1) is 0 Å². The molecule has 31 heavy (non-hydrogen) atoms. The molecule has 0 aliphatic heterocycles. The van der Waals surface area contributed by atoms with Crippen molar-refractivity contribution >= 4 is 41.1 Å². The minimum absolute atomic E-state index is 0.142. The SMILES string of the molecule is CCOC(=O)c1c(NC(=O)COc2ccc(Cl)cc2)nc(SC)n1Cc1ccccc1. The van der Waals surface area contributed by atoms with Crippen LogP contribution in [0.1, 0.15) is 23.0 Å². The number of hydrogen-bond donors (Lipinski definition) is 1. The van der Waals surface area contributed by atoms with E-state index in [0.29, 0.717) is 22.5 Å². The lowest BCUT2D eigenvalue weighted by atomic mass is 10.2. The van der Waals surface area contributed by atoms with Crippen LogP contribution in [-0.2, 0) is 16.1 Å². The maximum absolute atomic E-state index is 12.7. The van der Waals surface area contributed by atoms with E-state index < -0.39 is 11.9 Å². The summed E-state index contributed by atoms with van der Waals surface area (Å²) in [6.45, 7) is 2.10. The van der Waals surface area contributed by atoms with Gasteiger partial charge in [0, 0.05) is 5.02 Å². The number of nitrogens with one attached hydrogen (secondary N) is 1. The van der Waals surface area contributed by atoms with Gasteiger partial charge in [-0.2, -0.15) is 0 Å². The third-order valence-corrected chi connectivity index (χ3v) is 5.14. The lowest BCUT2D eigenvalue weighted by Crippen LogP contribution is -2.23. The Bertz CT molecular complexity index is 1040. The molecular weight excluding hydrogens is 438 g/mol. The average Bonchev–Trinajstić information content (AvgIpc) is 3.11. The normalized spacial score (nSPS) is 10.5. The largest absolute Gasteiger partial charge is 0.484 e. The van der Waals surface area contributed by atoms with Gasteiger partial charge in [0.15, 0.2) is 23.3 Å². The van der Waals surface area contributed by atoms with Crippen LogP contribution in [-0.4, -0.2) is 40.9 Å². The summed E-state index contributed by atoms with van der Waals surface area (Å²) < 4.78 is 12.4. The number of thioether (sulfide) groups is 1. The van der Waals surface area contributed by atoms with Crippen molar-refractivity contribution in [2.75, 3.05) is 24.8 Å². The maximum Gasteiger partial charge on any atom is 0.358 e. The van der Waals surface area contributed by atoms with Gasteiger partial charge in [-0.05, 0) is 43.0 Å². The van der Waals surface area contributed by atoms with E-state index in [4.69, 9.17) is 21.1 Å². The Morgan fingerprint density at radius 1 is 1.13 bits per heavy atom. The first-order valence-corrected chi connectivity index (χ1v) is 11.2. The first-order valence-electron chi connectivity index (χ1n) is 9.55. The van der Waals surface area contributed by atoms with Crippen LogP contribution in [0.15, 0.2) is 59.8 Å². The lowest BCUT2D eigenvalue weighted by Gasteiger charge is -2.11. The highest BCUT2D eigenvalue weighted by Gasteiger charge is 2.25. The molecule has 1 N–H and O–H groups in total. The van der Waals surface area contributed by atoms with Crippen molar-refractivity contribution in [1.82, 2.24) is 9.55 Å². The monoisotopic (exact) mass is 459 g/mol. The molecule has 2 aromatic carbocycles. The summed E-state index contributed by atoms with van der Waals surface area (Å²) in [7, 11) is 0. The van der Waals surface area contributed by atoms with Crippen molar-refractivity contribution in [1.29, 1.82) is 0 Å². The van der Waals surface area contributed by atoms with Crippen molar-refractivity contribution in [2.45, 2.75) is 18.6 Å². The fourth-order valence-corrected chi connectivity index (χ4v) is 3.53. The van der Waals surface area contributed by atoms with Crippen LogP contribution in [0.25, 0.3) is 0 Å². The fourth-order valence-electron chi connectivity index (χ4n) is 2.84. The molecule has 0 fully saturated rings. The molecule has 0 radical (unpaired) electrons. The Balaban J connectivity index is 1.83. The molecule has 3 rings (SSSR count). The van der Waals surface area contributed by atoms with E-state index >= 15 is 0 Å². The number of carbonyl (C=O) groups is 2. The van der Waals surface area contributed by atoms with Gasteiger partial charge in [-0.25, -0.2) is 9.78 Å². The quantitative estimate of drug-likeness (QED) is 0.374.